The molecule has 4 nitrogen and oxygen atoms in total. The molecule has 0 amide bonds. The molecule has 27 heavy (non-hydrogen) atoms. The highest BCUT2D eigenvalue weighted by Crippen LogP contribution is 2.27. The average molecular weight is 462 g/mol. The average Bonchev–Trinajstić information content (AvgIpc) is 3.05. The van der Waals surface area contributed by atoms with Gasteiger partial charge < -0.3 is 4.98 Å². The van der Waals surface area contributed by atoms with Gasteiger partial charge >= 0.3 is 0 Å². The number of aromatic nitrogens is 1. The van der Waals surface area contributed by atoms with E-state index in [1.54, 1.807) is 36.4 Å². The van der Waals surface area contributed by atoms with Crippen LogP contribution in [0, 0.1) is 0 Å². The lowest BCUT2D eigenvalue weighted by molar-refractivity contribution is 0.601. The first-order chi connectivity index (χ1) is 12.9. The maximum absolute atomic E-state index is 12.5. The molecular weight excluding hydrogens is 448 g/mol. The summed E-state index contributed by atoms with van der Waals surface area (Å²) in [6.07, 6.45) is 0. The number of halogens is 2. The zero-order chi connectivity index (χ0) is 19.0. The maximum atomic E-state index is 12.5. The van der Waals surface area contributed by atoms with Gasteiger partial charge in [-0.3, -0.25) is 4.72 Å². The summed E-state index contributed by atoms with van der Waals surface area (Å²) < 4.78 is 28.4. The van der Waals surface area contributed by atoms with E-state index in [9.17, 15) is 8.42 Å². The highest BCUT2D eigenvalue weighted by Gasteiger charge is 2.14. The van der Waals surface area contributed by atoms with E-state index in [-0.39, 0.29) is 4.90 Å². The molecule has 2 N–H and O–H groups in total. The van der Waals surface area contributed by atoms with Crippen LogP contribution in [0.3, 0.4) is 0 Å². The second-order valence-corrected chi connectivity index (χ2v) is 9.09. The SMILES string of the molecule is O=S(=O)(Nc1ccc(-c2cc3cc(Cl)ccc3[nH]2)cc1)c1ccc(Br)cc1. The van der Waals surface area contributed by atoms with Crippen molar-refractivity contribution in [2.45, 2.75) is 4.90 Å². The van der Waals surface area contributed by atoms with Crippen molar-refractivity contribution in [3.8, 4) is 11.3 Å². The minimum atomic E-state index is -3.63. The molecule has 0 aliphatic heterocycles. The van der Waals surface area contributed by atoms with Gasteiger partial charge in [-0.15, -0.1) is 0 Å². The second-order valence-electron chi connectivity index (χ2n) is 6.05. The number of anilines is 1. The zero-order valence-electron chi connectivity index (χ0n) is 13.9. The number of aromatic amines is 1. The van der Waals surface area contributed by atoms with Gasteiger partial charge in [0.1, 0.15) is 0 Å². The molecule has 0 bridgehead atoms. The molecular formula is C20H14BrClN2O2S. The molecule has 0 aliphatic carbocycles. The van der Waals surface area contributed by atoms with E-state index in [2.05, 4.69) is 25.6 Å². The molecule has 0 radical (unpaired) electrons. The van der Waals surface area contributed by atoms with E-state index in [1.165, 1.54) is 0 Å². The lowest BCUT2D eigenvalue weighted by Crippen LogP contribution is -2.12. The fourth-order valence-electron chi connectivity index (χ4n) is 2.80. The lowest BCUT2D eigenvalue weighted by atomic mass is 10.1. The first-order valence-electron chi connectivity index (χ1n) is 8.08. The summed E-state index contributed by atoms with van der Waals surface area (Å²) in [5.41, 5.74) is 3.39. The van der Waals surface area contributed by atoms with Gasteiger partial charge in [0, 0.05) is 31.8 Å². The van der Waals surface area contributed by atoms with Crippen molar-refractivity contribution in [2.24, 2.45) is 0 Å². The van der Waals surface area contributed by atoms with E-state index in [0.29, 0.717) is 10.7 Å². The molecule has 0 saturated carbocycles. The number of H-pyrrole nitrogens is 1. The van der Waals surface area contributed by atoms with Gasteiger partial charge in [0.25, 0.3) is 10.0 Å². The Kier molecular flexibility index (Phi) is 4.72. The van der Waals surface area contributed by atoms with Crippen molar-refractivity contribution in [3.63, 3.8) is 0 Å². The topological polar surface area (TPSA) is 62.0 Å². The third-order valence-electron chi connectivity index (χ3n) is 4.15. The number of rotatable bonds is 4. The first kappa shape index (κ1) is 18.1. The van der Waals surface area contributed by atoms with Gasteiger partial charge in [0.2, 0.25) is 0 Å². The Bertz CT molecular complexity index is 1220. The highest BCUT2D eigenvalue weighted by atomic mass is 79.9. The summed E-state index contributed by atoms with van der Waals surface area (Å²) in [4.78, 5) is 3.55. The minimum Gasteiger partial charge on any atom is -0.355 e. The Labute approximate surface area is 170 Å². The normalized spacial score (nSPS) is 11.6. The molecule has 4 rings (SSSR count). The van der Waals surface area contributed by atoms with Crippen molar-refractivity contribution in [3.05, 3.63) is 82.3 Å². The molecule has 0 fully saturated rings. The Hall–Kier alpha value is -2.28. The van der Waals surface area contributed by atoms with Crippen LogP contribution >= 0.6 is 27.5 Å². The number of hydrogen-bond acceptors (Lipinski definition) is 2. The van der Waals surface area contributed by atoms with Crippen LogP contribution in [0.4, 0.5) is 5.69 Å². The molecule has 7 heteroatoms. The van der Waals surface area contributed by atoms with Crippen molar-refractivity contribution in [1.29, 1.82) is 0 Å². The predicted molar refractivity (Wildman–Crippen MR) is 114 cm³/mol. The van der Waals surface area contributed by atoms with Crippen LogP contribution < -0.4 is 4.72 Å². The molecule has 1 heterocycles. The third kappa shape index (κ3) is 3.88. The zero-order valence-corrected chi connectivity index (χ0v) is 17.1. The summed E-state index contributed by atoms with van der Waals surface area (Å²) >= 11 is 9.33. The molecule has 0 saturated heterocycles. The van der Waals surface area contributed by atoms with Crippen LogP contribution in [0.2, 0.25) is 5.02 Å². The van der Waals surface area contributed by atoms with Gasteiger partial charge in [-0.25, -0.2) is 8.42 Å². The van der Waals surface area contributed by atoms with Crippen LogP contribution in [0.5, 0.6) is 0 Å². The monoisotopic (exact) mass is 460 g/mol. The number of sulfonamides is 1. The summed E-state index contributed by atoms with van der Waals surface area (Å²) in [7, 11) is -3.63. The molecule has 0 unspecified atom stereocenters. The van der Waals surface area contributed by atoms with Gasteiger partial charge in [-0.2, -0.15) is 0 Å². The second kappa shape index (κ2) is 7.03. The lowest BCUT2D eigenvalue weighted by Gasteiger charge is -2.09. The Balaban J connectivity index is 1.58. The molecule has 1 aromatic heterocycles. The highest BCUT2D eigenvalue weighted by molar-refractivity contribution is 9.10. The largest absolute Gasteiger partial charge is 0.355 e. The minimum absolute atomic E-state index is 0.210. The summed E-state index contributed by atoms with van der Waals surface area (Å²) in [6.45, 7) is 0. The van der Waals surface area contributed by atoms with Crippen LogP contribution in [0.25, 0.3) is 22.2 Å². The van der Waals surface area contributed by atoms with Crippen LogP contribution in [0.1, 0.15) is 0 Å². The van der Waals surface area contributed by atoms with Gasteiger partial charge in [-0.05, 0) is 66.2 Å². The summed E-state index contributed by atoms with van der Waals surface area (Å²) in [5.74, 6) is 0. The fraction of sp³-hybridized carbons (Fsp3) is 0. The van der Waals surface area contributed by atoms with E-state index < -0.39 is 10.0 Å². The Morgan fingerprint density at radius 3 is 2.30 bits per heavy atom. The third-order valence-corrected chi connectivity index (χ3v) is 6.32. The van der Waals surface area contributed by atoms with Crippen LogP contribution in [-0.2, 0) is 10.0 Å². The smallest absolute Gasteiger partial charge is 0.261 e. The quantitative estimate of drug-likeness (QED) is 0.388. The number of hydrogen-bond donors (Lipinski definition) is 2. The van der Waals surface area contributed by atoms with Gasteiger partial charge in [-0.1, -0.05) is 39.7 Å². The molecule has 0 aliphatic rings. The number of benzene rings is 3. The van der Waals surface area contributed by atoms with Crippen molar-refractivity contribution < 1.29 is 8.42 Å². The van der Waals surface area contributed by atoms with E-state index in [4.69, 9.17) is 11.6 Å². The van der Waals surface area contributed by atoms with Gasteiger partial charge in [0.15, 0.2) is 0 Å². The molecule has 136 valence electrons. The van der Waals surface area contributed by atoms with Crippen molar-refractivity contribution in [1.82, 2.24) is 4.98 Å². The maximum Gasteiger partial charge on any atom is 0.261 e. The summed E-state index contributed by atoms with van der Waals surface area (Å²) in [5, 5.41) is 1.71. The van der Waals surface area contributed by atoms with E-state index in [1.807, 2.05) is 36.4 Å². The van der Waals surface area contributed by atoms with E-state index in [0.717, 1.165) is 26.6 Å². The van der Waals surface area contributed by atoms with Crippen LogP contribution in [-0.4, -0.2) is 13.4 Å². The van der Waals surface area contributed by atoms with Crippen LogP contribution in [0.15, 0.2) is 82.2 Å². The molecule has 0 spiro atoms. The molecule has 4 aromatic rings. The van der Waals surface area contributed by atoms with Gasteiger partial charge in [0.05, 0.1) is 4.90 Å². The molecule has 3 aromatic carbocycles. The van der Waals surface area contributed by atoms with Crippen molar-refractivity contribution >= 4 is 54.1 Å². The Morgan fingerprint density at radius 1 is 0.889 bits per heavy atom. The summed E-state index contributed by atoms with van der Waals surface area (Å²) in [6, 6.07) is 21.4. The first-order valence-corrected chi connectivity index (χ1v) is 10.7. The number of fused-ring (bicyclic) bond motifs is 1. The molecule has 0 atom stereocenters. The standard InChI is InChI=1S/C20H14BrClN2O2S/c21-15-3-8-18(9-4-15)27(25,26)24-17-6-1-13(2-7-17)20-12-14-11-16(22)5-10-19(14)23-20/h1-12,23-24H. The number of nitrogens with one attached hydrogen (secondary N) is 2. The van der Waals surface area contributed by atoms with Crippen molar-refractivity contribution in [2.75, 3.05) is 4.72 Å². The van der Waals surface area contributed by atoms with E-state index >= 15 is 0 Å². The Morgan fingerprint density at radius 2 is 1.59 bits per heavy atom. The predicted octanol–water partition coefficient (Wildman–Crippen LogP) is 6.05. The fourth-order valence-corrected chi connectivity index (χ4v) is 4.31.